The van der Waals surface area contributed by atoms with E-state index in [4.69, 9.17) is 9.97 Å². The van der Waals surface area contributed by atoms with E-state index in [1.54, 1.807) is 0 Å². The molecule has 1 saturated heterocycles. The van der Waals surface area contributed by atoms with Gasteiger partial charge in [0.2, 0.25) is 0 Å². The van der Waals surface area contributed by atoms with E-state index < -0.39 is 14.6 Å². The van der Waals surface area contributed by atoms with Gasteiger partial charge < -0.3 is 4.90 Å². The predicted octanol–water partition coefficient (Wildman–Crippen LogP) is 3.67. The number of hydrogen-bond donors (Lipinski definition) is 0. The Balaban J connectivity index is 1.85. The van der Waals surface area contributed by atoms with Crippen LogP contribution in [0.5, 0.6) is 0 Å². The normalized spacial score (nSPS) is 21.7. The molecule has 0 atom stereocenters. The first-order valence-electron chi connectivity index (χ1n) is 9.67. The van der Waals surface area contributed by atoms with E-state index in [1.165, 1.54) is 28.7 Å². The molecular weight excluding hydrogens is 366 g/mol. The zero-order valence-corrected chi connectivity index (χ0v) is 17.5. The number of hydrogen-bond acceptors (Lipinski definition) is 6. The maximum absolute atomic E-state index is 12.8. The van der Waals surface area contributed by atoms with Crippen LogP contribution < -0.4 is 4.90 Å². The Morgan fingerprint density at radius 1 is 1.15 bits per heavy atom. The van der Waals surface area contributed by atoms with Crippen molar-refractivity contribution in [1.82, 2.24) is 9.97 Å². The predicted molar refractivity (Wildman–Crippen MR) is 108 cm³/mol. The van der Waals surface area contributed by atoms with Gasteiger partial charge in [0.05, 0.1) is 15.9 Å². The van der Waals surface area contributed by atoms with Gasteiger partial charge in [-0.3, -0.25) is 0 Å². The van der Waals surface area contributed by atoms with Crippen LogP contribution >= 0.6 is 11.3 Å². The number of rotatable bonds is 3. The molecule has 0 radical (unpaired) electrons. The van der Waals surface area contributed by atoms with E-state index in [-0.39, 0.29) is 5.75 Å². The highest BCUT2D eigenvalue weighted by molar-refractivity contribution is 7.92. The first-order chi connectivity index (χ1) is 12.4. The number of sulfone groups is 1. The molecule has 142 valence electrons. The van der Waals surface area contributed by atoms with Gasteiger partial charge in [-0.1, -0.05) is 13.8 Å². The number of aryl methyl sites for hydroxylation is 3. The van der Waals surface area contributed by atoms with Gasteiger partial charge in [0.15, 0.2) is 9.84 Å². The lowest BCUT2D eigenvalue weighted by Gasteiger charge is -2.42. The first kappa shape index (κ1) is 18.2. The van der Waals surface area contributed by atoms with E-state index in [1.807, 2.05) is 32.1 Å². The van der Waals surface area contributed by atoms with Gasteiger partial charge in [-0.2, -0.15) is 0 Å². The molecule has 26 heavy (non-hydrogen) atoms. The maximum atomic E-state index is 12.8. The fourth-order valence-electron chi connectivity index (χ4n) is 4.54. The molecule has 1 aliphatic carbocycles. The van der Waals surface area contributed by atoms with Crippen LogP contribution in [-0.4, -0.2) is 42.0 Å². The molecule has 0 saturated carbocycles. The Bertz CT molecular complexity index is 945. The van der Waals surface area contributed by atoms with E-state index in [9.17, 15) is 8.42 Å². The van der Waals surface area contributed by atoms with E-state index in [0.29, 0.717) is 25.9 Å². The molecule has 7 heteroatoms. The van der Waals surface area contributed by atoms with Gasteiger partial charge in [0, 0.05) is 18.0 Å². The molecule has 0 unspecified atom stereocenters. The third-order valence-electron chi connectivity index (χ3n) is 6.26. The Morgan fingerprint density at radius 2 is 1.88 bits per heavy atom. The lowest BCUT2D eigenvalue weighted by Crippen LogP contribution is -2.56. The summed E-state index contributed by atoms with van der Waals surface area (Å²) in [7, 11) is -3.08. The van der Waals surface area contributed by atoms with Crippen LogP contribution in [0.1, 0.15) is 55.8 Å². The van der Waals surface area contributed by atoms with Crippen LogP contribution in [0.15, 0.2) is 0 Å². The minimum atomic E-state index is -3.08. The molecule has 0 spiro atoms. The lowest BCUT2D eigenvalue weighted by atomic mass is 9.96. The summed E-state index contributed by atoms with van der Waals surface area (Å²) in [6, 6.07) is 0. The highest BCUT2D eigenvalue weighted by Crippen LogP contribution is 2.41. The van der Waals surface area contributed by atoms with Crippen molar-refractivity contribution in [2.75, 3.05) is 23.7 Å². The summed E-state index contributed by atoms with van der Waals surface area (Å²) >= 11 is 1.81. The molecule has 2 aromatic heterocycles. The Labute approximate surface area is 159 Å². The van der Waals surface area contributed by atoms with Crippen molar-refractivity contribution in [1.29, 1.82) is 0 Å². The van der Waals surface area contributed by atoms with Crippen LogP contribution in [0.2, 0.25) is 0 Å². The van der Waals surface area contributed by atoms with Gasteiger partial charge in [0.25, 0.3) is 0 Å². The molecule has 3 heterocycles. The Morgan fingerprint density at radius 3 is 2.62 bits per heavy atom. The number of aromatic nitrogens is 2. The first-order valence-corrected chi connectivity index (χ1v) is 12.1. The van der Waals surface area contributed by atoms with E-state index in [0.717, 1.165) is 29.3 Å². The lowest BCUT2D eigenvalue weighted by molar-refractivity contribution is 0.457. The molecule has 0 bridgehead atoms. The topological polar surface area (TPSA) is 63.2 Å². The largest absolute Gasteiger partial charge is 0.353 e. The summed E-state index contributed by atoms with van der Waals surface area (Å²) in [5, 5.41) is 1.19. The average molecular weight is 394 g/mol. The Hall–Kier alpha value is -1.21. The third-order valence-corrected chi connectivity index (χ3v) is 10.2. The number of nitrogens with zero attached hydrogens (tertiary/aromatic N) is 3. The number of fused-ring (bicyclic) bond motifs is 3. The number of anilines is 1. The summed E-state index contributed by atoms with van der Waals surface area (Å²) in [6.07, 6.45) is 5.99. The van der Waals surface area contributed by atoms with Crippen LogP contribution in [0, 0.1) is 6.92 Å². The van der Waals surface area contributed by atoms with Crippen molar-refractivity contribution in [3.63, 3.8) is 0 Å². The molecule has 5 nitrogen and oxygen atoms in total. The summed E-state index contributed by atoms with van der Waals surface area (Å²) < 4.78 is 24.9. The highest BCUT2D eigenvalue weighted by atomic mass is 32.2. The maximum Gasteiger partial charge on any atom is 0.159 e. The van der Waals surface area contributed by atoms with E-state index in [2.05, 4.69) is 4.90 Å². The molecular formula is C19H27N3O2S2. The average Bonchev–Trinajstić information content (AvgIpc) is 2.99. The molecule has 0 N–H and O–H groups in total. The fraction of sp³-hybridized carbons (Fsp3) is 0.684. The van der Waals surface area contributed by atoms with E-state index >= 15 is 0 Å². The monoisotopic (exact) mass is 393 g/mol. The zero-order valence-electron chi connectivity index (χ0n) is 15.8. The summed E-state index contributed by atoms with van der Waals surface area (Å²) in [5.74, 6) is 1.96. The molecule has 2 aromatic rings. The van der Waals surface area contributed by atoms with Gasteiger partial charge >= 0.3 is 0 Å². The minimum Gasteiger partial charge on any atom is -0.353 e. The van der Waals surface area contributed by atoms with Crippen molar-refractivity contribution in [3.8, 4) is 0 Å². The van der Waals surface area contributed by atoms with Crippen LogP contribution in [0.4, 0.5) is 5.82 Å². The van der Waals surface area contributed by atoms with Crippen LogP contribution in [0.3, 0.4) is 0 Å². The highest BCUT2D eigenvalue weighted by Gasteiger charge is 2.46. The molecule has 0 amide bonds. The van der Waals surface area contributed by atoms with Crippen molar-refractivity contribution in [2.24, 2.45) is 0 Å². The van der Waals surface area contributed by atoms with Gasteiger partial charge in [0.1, 0.15) is 16.5 Å². The second kappa shape index (κ2) is 6.44. The second-order valence-corrected chi connectivity index (χ2v) is 11.2. The second-order valence-electron chi connectivity index (χ2n) is 7.62. The van der Waals surface area contributed by atoms with Gasteiger partial charge in [-0.15, -0.1) is 11.3 Å². The van der Waals surface area contributed by atoms with Gasteiger partial charge in [-0.25, -0.2) is 18.4 Å². The van der Waals surface area contributed by atoms with Crippen LogP contribution in [0.25, 0.3) is 10.2 Å². The molecule has 4 rings (SSSR count). The van der Waals surface area contributed by atoms with Crippen LogP contribution in [-0.2, 0) is 22.7 Å². The zero-order chi connectivity index (χ0) is 18.5. The molecule has 2 aliphatic rings. The summed E-state index contributed by atoms with van der Waals surface area (Å²) in [5.41, 5.74) is 1.42. The number of thiophene rings is 1. The Kier molecular flexibility index (Phi) is 4.50. The standard InChI is InChI=1S/C19H27N3O2S2/c1-4-19(5-2)12-22(10-11-26(19,23)24)17-16-14-8-6-7-9-15(14)25-18(16)21-13(3)20-17/h4-12H2,1-3H3. The molecule has 1 fully saturated rings. The van der Waals surface area contributed by atoms with Gasteiger partial charge in [-0.05, 0) is 51.0 Å². The summed E-state index contributed by atoms with van der Waals surface area (Å²) in [6.45, 7) is 7.00. The SMILES string of the molecule is CCC1(CC)CN(c2nc(C)nc3sc4c(c23)CCCC4)CCS1(=O)=O. The molecule has 0 aromatic carbocycles. The summed E-state index contributed by atoms with van der Waals surface area (Å²) in [4.78, 5) is 14.3. The third kappa shape index (κ3) is 2.66. The van der Waals surface area contributed by atoms with Crippen molar-refractivity contribution in [3.05, 3.63) is 16.3 Å². The van der Waals surface area contributed by atoms with Crippen molar-refractivity contribution >= 4 is 37.2 Å². The smallest absolute Gasteiger partial charge is 0.159 e. The molecule has 1 aliphatic heterocycles. The van der Waals surface area contributed by atoms with Crippen molar-refractivity contribution < 1.29 is 8.42 Å². The van der Waals surface area contributed by atoms with Crippen molar-refractivity contribution in [2.45, 2.75) is 64.0 Å². The minimum absolute atomic E-state index is 0.214. The quantitative estimate of drug-likeness (QED) is 0.796. The fourth-order valence-corrected chi connectivity index (χ4v) is 7.96.